The molecule has 5 fully saturated rings. The smallest absolute Gasteiger partial charge is 0.389 e. The maximum absolute atomic E-state index is 13.2. The number of benzene rings is 1. The van der Waals surface area contributed by atoms with Gasteiger partial charge in [-0.1, -0.05) is 26.0 Å². The number of aliphatic hydroxyl groups excluding tert-OH is 2. The van der Waals surface area contributed by atoms with Gasteiger partial charge in [0.1, 0.15) is 18.3 Å². The summed E-state index contributed by atoms with van der Waals surface area (Å²) in [6.45, 7) is 6.33. The van der Waals surface area contributed by atoms with E-state index in [0.717, 1.165) is 56.9 Å². The van der Waals surface area contributed by atoms with Crippen molar-refractivity contribution in [1.29, 1.82) is 0 Å². The predicted molar refractivity (Wildman–Crippen MR) is 149 cm³/mol. The molecule has 3 N–H and O–H groups in total. The van der Waals surface area contributed by atoms with Gasteiger partial charge in [-0.05, 0) is 111 Å². The molecule has 0 spiro atoms. The van der Waals surface area contributed by atoms with Crippen molar-refractivity contribution in [1.82, 2.24) is 0 Å². The van der Waals surface area contributed by atoms with Crippen LogP contribution < -0.4 is 0 Å². The summed E-state index contributed by atoms with van der Waals surface area (Å²) >= 11 is 0. The van der Waals surface area contributed by atoms with Gasteiger partial charge in [0.2, 0.25) is 0 Å². The van der Waals surface area contributed by atoms with Gasteiger partial charge in [0.15, 0.2) is 6.29 Å². The molecule has 0 radical (unpaired) electrons. The highest BCUT2D eigenvalue weighted by molar-refractivity contribution is 5.32. The van der Waals surface area contributed by atoms with Gasteiger partial charge in [-0.25, -0.2) is 0 Å². The highest BCUT2D eigenvalue weighted by Gasteiger charge is 2.67. The minimum atomic E-state index is -4.36. The molecule has 0 aromatic heterocycles. The van der Waals surface area contributed by atoms with Crippen LogP contribution in [0.3, 0.4) is 0 Å². The quantitative estimate of drug-likeness (QED) is 0.380. The average Bonchev–Trinajstić information content (AvgIpc) is 3.23. The first-order chi connectivity index (χ1) is 19.7. The number of ether oxygens (including phenoxy) is 3. The lowest BCUT2D eigenvalue weighted by Gasteiger charge is -2.64. The summed E-state index contributed by atoms with van der Waals surface area (Å²) in [7, 11) is 1.47. The lowest BCUT2D eigenvalue weighted by atomic mass is 9.43. The van der Waals surface area contributed by atoms with Crippen molar-refractivity contribution in [2.24, 2.45) is 28.6 Å². The summed E-state index contributed by atoms with van der Waals surface area (Å²) in [5, 5.41) is 33.6. The van der Waals surface area contributed by atoms with E-state index in [1.807, 2.05) is 0 Å². The second-order valence-corrected chi connectivity index (χ2v) is 14.5. The van der Waals surface area contributed by atoms with Crippen LogP contribution in [0.1, 0.15) is 95.6 Å². The standard InChI is InChI=1S/C33H47F3O6/c1-18-26(37)28(40-4)27(38)29(41-18)42-22-11-14-30(2)21(17-22)9-10-25-24(30)12-15-31(3)23(13-16-32(25,31)39)19-5-7-20(8-6-19)33(34,35)36/h5-8,18,21-29,37-39H,9-17H2,1-4H3/t18-,21?,22?,23?,24-,25-,26-,27-,28+,29+,30+,31-,32-/m1/s1. The third kappa shape index (κ3) is 4.67. The molecule has 4 aliphatic carbocycles. The Labute approximate surface area is 246 Å². The first kappa shape index (κ1) is 30.8. The fourth-order valence-electron chi connectivity index (χ4n) is 10.3. The van der Waals surface area contributed by atoms with Crippen LogP contribution >= 0.6 is 0 Å². The third-order valence-corrected chi connectivity index (χ3v) is 12.8. The van der Waals surface area contributed by atoms with Crippen molar-refractivity contribution >= 4 is 0 Å². The molecule has 0 bridgehead atoms. The van der Waals surface area contributed by atoms with Crippen LogP contribution in [0.2, 0.25) is 0 Å². The maximum Gasteiger partial charge on any atom is 0.416 e. The molecule has 5 aliphatic rings. The minimum absolute atomic E-state index is 0.0409. The van der Waals surface area contributed by atoms with E-state index in [-0.39, 0.29) is 28.8 Å². The van der Waals surface area contributed by atoms with Gasteiger partial charge in [0, 0.05) is 12.5 Å². The summed E-state index contributed by atoms with van der Waals surface area (Å²) in [6.07, 6.45) is -0.614. The number of methoxy groups -OCH3 is 1. The molecule has 9 heteroatoms. The number of rotatable bonds is 4. The molecule has 1 aromatic carbocycles. The topological polar surface area (TPSA) is 88.4 Å². The third-order valence-electron chi connectivity index (χ3n) is 12.8. The van der Waals surface area contributed by atoms with E-state index in [0.29, 0.717) is 18.3 Å². The van der Waals surface area contributed by atoms with Crippen molar-refractivity contribution in [3.8, 4) is 0 Å². The minimum Gasteiger partial charge on any atom is -0.389 e. The molecule has 1 heterocycles. The van der Waals surface area contributed by atoms with E-state index in [1.54, 1.807) is 19.1 Å². The van der Waals surface area contributed by atoms with Crippen LogP contribution in [-0.4, -0.2) is 64.8 Å². The Bertz CT molecular complexity index is 1130. The molecule has 236 valence electrons. The predicted octanol–water partition coefficient (Wildman–Crippen LogP) is 5.81. The number of hydrogen-bond donors (Lipinski definition) is 3. The van der Waals surface area contributed by atoms with E-state index >= 15 is 0 Å². The van der Waals surface area contributed by atoms with Crippen molar-refractivity contribution < 1.29 is 42.7 Å². The van der Waals surface area contributed by atoms with E-state index in [4.69, 9.17) is 14.2 Å². The average molecular weight is 597 g/mol. The molecular weight excluding hydrogens is 549 g/mol. The molecule has 1 saturated heterocycles. The van der Waals surface area contributed by atoms with Crippen LogP contribution in [0, 0.1) is 28.6 Å². The van der Waals surface area contributed by atoms with E-state index < -0.39 is 48.0 Å². The van der Waals surface area contributed by atoms with Crippen LogP contribution in [0.4, 0.5) is 13.2 Å². The van der Waals surface area contributed by atoms with Crippen LogP contribution in [0.5, 0.6) is 0 Å². The van der Waals surface area contributed by atoms with Gasteiger partial charge in [-0.15, -0.1) is 0 Å². The number of alkyl halides is 3. The van der Waals surface area contributed by atoms with Crippen LogP contribution in [0.15, 0.2) is 24.3 Å². The first-order valence-corrected chi connectivity index (χ1v) is 15.8. The van der Waals surface area contributed by atoms with E-state index in [9.17, 15) is 28.5 Å². The summed E-state index contributed by atoms with van der Waals surface area (Å²) in [5.41, 5.74) is -0.866. The highest BCUT2D eigenvalue weighted by Crippen LogP contribution is 2.70. The molecular formula is C33H47F3O6. The van der Waals surface area contributed by atoms with Crippen molar-refractivity contribution in [2.45, 2.75) is 133 Å². The number of halogens is 3. The molecule has 1 aromatic rings. The zero-order valence-electron chi connectivity index (χ0n) is 25.1. The molecule has 4 saturated carbocycles. The van der Waals surface area contributed by atoms with Crippen molar-refractivity contribution in [3.05, 3.63) is 35.4 Å². The van der Waals surface area contributed by atoms with Gasteiger partial charge >= 0.3 is 6.18 Å². The Morgan fingerprint density at radius 3 is 2.29 bits per heavy atom. The lowest BCUT2D eigenvalue weighted by Crippen LogP contribution is -2.62. The van der Waals surface area contributed by atoms with E-state index in [1.165, 1.54) is 19.2 Å². The van der Waals surface area contributed by atoms with Gasteiger partial charge in [-0.2, -0.15) is 13.2 Å². The van der Waals surface area contributed by atoms with Gasteiger partial charge in [-0.3, -0.25) is 0 Å². The van der Waals surface area contributed by atoms with Crippen LogP contribution in [0.25, 0.3) is 0 Å². The van der Waals surface area contributed by atoms with Gasteiger partial charge in [0.05, 0.1) is 23.4 Å². The zero-order valence-corrected chi connectivity index (χ0v) is 25.1. The molecule has 0 amide bonds. The molecule has 13 atom stereocenters. The SMILES string of the molecule is CO[C@@H]1[C@@H](O)[C@H](OC2CC[C@@]3(C)C(CC[C@@H]4[C@H]3CC[C@]3(C)C(c5ccc(C(F)(F)F)cc5)CC[C@@]43O)C2)O[C@H](C)[C@H]1O. The monoisotopic (exact) mass is 596 g/mol. The zero-order chi connectivity index (χ0) is 30.2. The van der Waals surface area contributed by atoms with Crippen molar-refractivity contribution in [3.63, 3.8) is 0 Å². The van der Waals surface area contributed by atoms with Crippen LogP contribution in [-0.2, 0) is 20.4 Å². The number of fused-ring (bicyclic) bond motifs is 5. The molecule has 1 aliphatic heterocycles. The van der Waals surface area contributed by atoms with Crippen molar-refractivity contribution in [2.75, 3.05) is 7.11 Å². The summed E-state index contributed by atoms with van der Waals surface area (Å²) in [6, 6.07) is 5.62. The Kier molecular flexibility index (Phi) is 7.84. The summed E-state index contributed by atoms with van der Waals surface area (Å²) in [4.78, 5) is 0. The van der Waals surface area contributed by atoms with Gasteiger partial charge < -0.3 is 29.5 Å². The summed E-state index contributed by atoms with van der Waals surface area (Å²) < 4.78 is 57.1. The Morgan fingerprint density at radius 1 is 0.905 bits per heavy atom. The Morgan fingerprint density at radius 2 is 1.62 bits per heavy atom. The Balaban J connectivity index is 1.16. The van der Waals surface area contributed by atoms with E-state index in [2.05, 4.69) is 13.8 Å². The lowest BCUT2D eigenvalue weighted by molar-refractivity contribution is -0.313. The second-order valence-electron chi connectivity index (χ2n) is 14.5. The normalized spacial score (nSPS) is 49.2. The second kappa shape index (κ2) is 10.7. The molecule has 6 nitrogen and oxygen atoms in total. The largest absolute Gasteiger partial charge is 0.416 e. The Hall–Kier alpha value is -1.23. The highest BCUT2D eigenvalue weighted by atomic mass is 19.4. The maximum atomic E-state index is 13.2. The van der Waals surface area contributed by atoms with Gasteiger partial charge in [0.25, 0.3) is 0 Å². The molecule has 3 unspecified atom stereocenters. The fourth-order valence-corrected chi connectivity index (χ4v) is 10.3. The molecule has 6 rings (SSSR count). The number of aliphatic hydroxyl groups is 3. The first-order valence-electron chi connectivity index (χ1n) is 15.8. The summed E-state index contributed by atoms with van der Waals surface area (Å²) in [5.74, 6) is 1.02. The number of hydrogen-bond acceptors (Lipinski definition) is 6. The fraction of sp³-hybridized carbons (Fsp3) is 0.818. The molecule has 42 heavy (non-hydrogen) atoms.